The van der Waals surface area contributed by atoms with E-state index in [4.69, 9.17) is 0 Å². The number of rotatable bonds is 2. The number of carbonyl (C=O) groups excluding carboxylic acids is 1. The van der Waals surface area contributed by atoms with Crippen molar-refractivity contribution in [2.45, 2.75) is 13.8 Å². The fraction of sp³-hybridized carbons (Fsp3) is 0.176. The Balaban J connectivity index is 2.01. The van der Waals surface area contributed by atoms with Gasteiger partial charge in [0.25, 0.3) is 5.91 Å². The Bertz CT molecular complexity index is 820. The molecular formula is C17H17N3O. The smallest absolute Gasteiger partial charge is 0.279 e. The Hall–Kier alpha value is -2.62. The van der Waals surface area contributed by atoms with Crippen LogP contribution in [0, 0.1) is 13.8 Å². The van der Waals surface area contributed by atoms with Crippen LogP contribution in [-0.4, -0.2) is 23.2 Å². The molecule has 0 aliphatic carbocycles. The summed E-state index contributed by atoms with van der Waals surface area (Å²) in [4.78, 5) is 14.4. The number of aromatic nitrogens is 2. The first-order chi connectivity index (χ1) is 10.1. The molecule has 3 aromatic rings. The Labute approximate surface area is 123 Å². The third-order valence-electron chi connectivity index (χ3n) is 3.69. The standard InChI is InChI=1S/C17H17N3O/c1-11-8-9-15(12(2)10-11)20(3)17(21)16-13-6-4-5-7-14(13)18-19-16/h4-10H,1-3H3,(H,18,19). The molecule has 0 atom stereocenters. The molecule has 0 radical (unpaired) electrons. The lowest BCUT2D eigenvalue weighted by molar-refractivity contribution is 0.0989. The molecule has 0 saturated heterocycles. The normalized spacial score (nSPS) is 10.8. The molecule has 4 heteroatoms. The largest absolute Gasteiger partial charge is 0.310 e. The van der Waals surface area contributed by atoms with E-state index in [9.17, 15) is 4.79 Å². The summed E-state index contributed by atoms with van der Waals surface area (Å²) in [6.45, 7) is 4.05. The predicted octanol–water partition coefficient (Wildman–Crippen LogP) is 3.46. The number of H-pyrrole nitrogens is 1. The van der Waals surface area contributed by atoms with Crippen molar-refractivity contribution in [1.29, 1.82) is 0 Å². The summed E-state index contributed by atoms with van der Waals surface area (Å²) in [6.07, 6.45) is 0. The van der Waals surface area contributed by atoms with Gasteiger partial charge in [-0.1, -0.05) is 35.9 Å². The number of fused-ring (bicyclic) bond motifs is 1. The van der Waals surface area contributed by atoms with Gasteiger partial charge in [0.1, 0.15) is 0 Å². The molecule has 4 nitrogen and oxygen atoms in total. The van der Waals surface area contributed by atoms with Gasteiger partial charge < -0.3 is 4.90 Å². The molecular weight excluding hydrogens is 262 g/mol. The van der Waals surface area contributed by atoms with Gasteiger partial charge in [-0.05, 0) is 31.5 Å². The molecule has 0 bridgehead atoms. The van der Waals surface area contributed by atoms with Crippen molar-refractivity contribution in [3.63, 3.8) is 0 Å². The maximum Gasteiger partial charge on any atom is 0.279 e. The Morgan fingerprint density at radius 3 is 2.67 bits per heavy atom. The van der Waals surface area contributed by atoms with Crippen molar-refractivity contribution in [2.75, 3.05) is 11.9 Å². The van der Waals surface area contributed by atoms with Crippen LogP contribution >= 0.6 is 0 Å². The number of amides is 1. The molecule has 1 amide bonds. The molecule has 0 aliphatic heterocycles. The summed E-state index contributed by atoms with van der Waals surface area (Å²) in [5, 5.41) is 7.92. The van der Waals surface area contributed by atoms with Crippen LogP contribution in [-0.2, 0) is 0 Å². The zero-order chi connectivity index (χ0) is 15.0. The topological polar surface area (TPSA) is 49.0 Å². The van der Waals surface area contributed by atoms with Gasteiger partial charge in [-0.3, -0.25) is 9.89 Å². The molecule has 2 aromatic carbocycles. The van der Waals surface area contributed by atoms with Gasteiger partial charge in [0, 0.05) is 18.1 Å². The number of nitrogens with zero attached hydrogens (tertiary/aromatic N) is 2. The van der Waals surface area contributed by atoms with Crippen molar-refractivity contribution in [3.8, 4) is 0 Å². The van der Waals surface area contributed by atoms with Crippen molar-refractivity contribution < 1.29 is 4.79 Å². The summed E-state index contributed by atoms with van der Waals surface area (Å²) in [5.41, 5.74) is 4.48. The molecule has 0 spiro atoms. The van der Waals surface area contributed by atoms with Gasteiger partial charge in [-0.15, -0.1) is 0 Å². The van der Waals surface area contributed by atoms with Gasteiger partial charge >= 0.3 is 0 Å². The maximum absolute atomic E-state index is 12.7. The molecule has 106 valence electrons. The summed E-state index contributed by atoms with van der Waals surface area (Å²) >= 11 is 0. The van der Waals surface area contributed by atoms with E-state index in [-0.39, 0.29) is 5.91 Å². The summed E-state index contributed by atoms with van der Waals surface area (Å²) in [7, 11) is 1.78. The SMILES string of the molecule is Cc1ccc(N(C)C(=O)c2n[nH]c3ccccc23)c(C)c1. The number of benzene rings is 2. The quantitative estimate of drug-likeness (QED) is 0.781. The van der Waals surface area contributed by atoms with Crippen molar-refractivity contribution in [3.05, 3.63) is 59.3 Å². The molecule has 0 unspecified atom stereocenters. The Kier molecular flexibility index (Phi) is 3.22. The third kappa shape index (κ3) is 2.29. The van der Waals surface area contributed by atoms with Gasteiger partial charge in [0.15, 0.2) is 5.69 Å². The van der Waals surface area contributed by atoms with E-state index in [0.717, 1.165) is 22.2 Å². The highest BCUT2D eigenvalue weighted by Gasteiger charge is 2.20. The predicted molar refractivity (Wildman–Crippen MR) is 84.7 cm³/mol. The molecule has 21 heavy (non-hydrogen) atoms. The van der Waals surface area contributed by atoms with Crippen LogP contribution in [0.2, 0.25) is 0 Å². The van der Waals surface area contributed by atoms with Gasteiger partial charge in [0.2, 0.25) is 0 Å². The van der Waals surface area contributed by atoms with Crippen LogP contribution in [0.1, 0.15) is 21.6 Å². The zero-order valence-corrected chi connectivity index (χ0v) is 12.3. The second-order valence-corrected chi connectivity index (χ2v) is 5.27. The van der Waals surface area contributed by atoms with Crippen molar-refractivity contribution in [1.82, 2.24) is 10.2 Å². The van der Waals surface area contributed by atoms with Crippen molar-refractivity contribution >= 4 is 22.5 Å². The minimum Gasteiger partial charge on any atom is -0.310 e. The number of hydrogen-bond acceptors (Lipinski definition) is 2. The van der Waals surface area contributed by atoms with Crippen LogP contribution in [0.5, 0.6) is 0 Å². The first-order valence-corrected chi connectivity index (χ1v) is 6.86. The summed E-state index contributed by atoms with van der Waals surface area (Å²) in [6, 6.07) is 13.7. The number of nitrogens with one attached hydrogen (secondary N) is 1. The highest BCUT2D eigenvalue weighted by molar-refractivity contribution is 6.12. The first-order valence-electron chi connectivity index (χ1n) is 6.86. The van der Waals surface area contributed by atoms with Crippen LogP contribution < -0.4 is 4.90 Å². The van der Waals surface area contributed by atoms with Crippen LogP contribution in [0.3, 0.4) is 0 Å². The maximum atomic E-state index is 12.7. The molecule has 0 fully saturated rings. The van der Waals surface area contributed by atoms with Crippen LogP contribution in [0.15, 0.2) is 42.5 Å². The third-order valence-corrected chi connectivity index (χ3v) is 3.69. The number of aromatic amines is 1. The number of para-hydroxylation sites is 1. The Morgan fingerprint density at radius 2 is 1.90 bits per heavy atom. The summed E-state index contributed by atoms with van der Waals surface area (Å²) < 4.78 is 0. The molecule has 0 saturated carbocycles. The number of hydrogen-bond donors (Lipinski definition) is 1. The lowest BCUT2D eigenvalue weighted by Gasteiger charge is -2.19. The van der Waals surface area contributed by atoms with Crippen LogP contribution in [0.25, 0.3) is 10.9 Å². The minimum absolute atomic E-state index is 0.112. The van der Waals surface area contributed by atoms with Gasteiger partial charge in [-0.25, -0.2) is 0 Å². The minimum atomic E-state index is -0.112. The highest BCUT2D eigenvalue weighted by Crippen LogP contribution is 2.23. The molecule has 3 rings (SSSR count). The number of anilines is 1. The Morgan fingerprint density at radius 1 is 1.14 bits per heavy atom. The number of carbonyl (C=O) groups is 1. The second kappa shape index (κ2) is 5.05. The average molecular weight is 279 g/mol. The molecule has 1 N–H and O–H groups in total. The van der Waals surface area contributed by atoms with E-state index in [0.29, 0.717) is 5.69 Å². The van der Waals surface area contributed by atoms with E-state index >= 15 is 0 Å². The lowest BCUT2D eigenvalue weighted by Crippen LogP contribution is -2.27. The van der Waals surface area contributed by atoms with E-state index < -0.39 is 0 Å². The lowest BCUT2D eigenvalue weighted by atomic mass is 10.1. The van der Waals surface area contributed by atoms with E-state index in [1.807, 2.05) is 50.2 Å². The van der Waals surface area contributed by atoms with Crippen molar-refractivity contribution in [2.24, 2.45) is 0 Å². The fourth-order valence-electron chi connectivity index (χ4n) is 2.58. The van der Waals surface area contributed by atoms with Crippen LogP contribution in [0.4, 0.5) is 5.69 Å². The second-order valence-electron chi connectivity index (χ2n) is 5.27. The average Bonchev–Trinajstić information content (AvgIpc) is 2.90. The first kappa shape index (κ1) is 13.4. The number of aryl methyl sites for hydroxylation is 2. The van der Waals surface area contributed by atoms with E-state index in [1.54, 1.807) is 11.9 Å². The molecule has 1 aromatic heterocycles. The fourth-order valence-corrected chi connectivity index (χ4v) is 2.58. The van der Waals surface area contributed by atoms with Gasteiger partial charge in [-0.2, -0.15) is 5.10 Å². The van der Waals surface area contributed by atoms with Gasteiger partial charge in [0.05, 0.1) is 5.52 Å². The molecule has 1 heterocycles. The highest BCUT2D eigenvalue weighted by atomic mass is 16.2. The zero-order valence-electron chi connectivity index (χ0n) is 12.3. The van der Waals surface area contributed by atoms with E-state index in [1.165, 1.54) is 5.56 Å². The van der Waals surface area contributed by atoms with E-state index in [2.05, 4.69) is 16.3 Å². The monoisotopic (exact) mass is 279 g/mol. The molecule has 0 aliphatic rings. The summed E-state index contributed by atoms with van der Waals surface area (Å²) in [5.74, 6) is -0.112.